The van der Waals surface area contributed by atoms with Gasteiger partial charge in [-0.15, -0.1) is 0 Å². The van der Waals surface area contributed by atoms with E-state index in [0.29, 0.717) is 11.3 Å². The smallest absolute Gasteiger partial charge is 0.255 e. The fourth-order valence-corrected chi connectivity index (χ4v) is 2.16. The van der Waals surface area contributed by atoms with E-state index in [0.717, 1.165) is 20.4 Å². The van der Waals surface area contributed by atoms with E-state index >= 15 is 0 Å². The molecule has 1 amide bonds. The lowest BCUT2D eigenvalue weighted by Crippen LogP contribution is -2.13. The van der Waals surface area contributed by atoms with Gasteiger partial charge in [0.05, 0.1) is 0 Å². The summed E-state index contributed by atoms with van der Waals surface area (Å²) in [5.74, 6) is -0.122. The van der Waals surface area contributed by atoms with Crippen LogP contribution in [0.5, 0.6) is 0 Å². The number of aryl methyl sites for hydroxylation is 2. The fourth-order valence-electron chi connectivity index (χ4n) is 1.80. The predicted octanol–water partition coefficient (Wildman–Crippen LogP) is 3.74. The van der Waals surface area contributed by atoms with E-state index in [4.69, 9.17) is 5.73 Å². The van der Waals surface area contributed by atoms with Crippen LogP contribution in [0.1, 0.15) is 21.5 Å². The maximum absolute atomic E-state index is 12.1. The molecule has 0 aliphatic carbocycles. The Morgan fingerprint density at radius 1 is 1.11 bits per heavy atom. The number of hydrogen-bond acceptors (Lipinski definition) is 2. The van der Waals surface area contributed by atoms with Crippen molar-refractivity contribution in [3.8, 4) is 0 Å². The second-order valence-corrected chi connectivity index (χ2v) is 5.73. The van der Waals surface area contributed by atoms with Gasteiger partial charge < -0.3 is 11.1 Å². The van der Waals surface area contributed by atoms with Gasteiger partial charge in [-0.05, 0) is 77.9 Å². The van der Waals surface area contributed by atoms with E-state index in [1.54, 1.807) is 6.07 Å². The van der Waals surface area contributed by atoms with Gasteiger partial charge in [-0.1, -0.05) is 6.07 Å². The molecule has 0 fully saturated rings. The number of hydrogen-bond donors (Lipinski definition) is 2. The second-order valence-electron chi connectivity index (χ2n) is 4.48. The number of anilines is 2. The third kappa shape index (κ3) is 3.26. The largest absolute Gasteiger partial charge is 0.398 e. The van der Waals surface area contributed by atoms with Crippen molar-refractivity contribution in [2.24, 2.45) is 0 Å². The lowest BCUT2D eigenvalue weighted by molar-refractivity contribution is 0.102. The second kappa shape index (κ2) is 5.61. The molecule has 0 aliphatic heterocycles. The van der Waals surface area contributed by atoms with Gasteiger partial charge in [0.25, 0.3) is 5.91 Å². The number of nitrogens with one attached hydrogen (secondary N) is 1. The van der Waals surface area contributed by atoms with Gasteiger partial charge in [-0.2, -0.15) is 0 Å². The van der Waals surface area contributed by atoms with Crippen molar-refractivity contribution < 1.29 is 4.79 Å². The molecule has 98 valence electrons. The van der Waals surface area contributed by atoms with Crippen molar-refractivity contribution in [3.63, 3.8) is 0 Å². The number of amides is 1. The molecule has 2 aromatic carbocycles. The molecule has 0 unspecified atom stereocenters. The first-order valence-electron chi connectivity index (χ1n) is 5.91. The highest BCUT2D eigenvalue weighted by molar-refractivity contribution is 14.1. The van der Waals surface area contributed by atoms with Crippen LogP contribution in [0.25, 0.3) is 0 Å². The molecule has 0 saturated heterocycles. The van der Waals surface area contributed by atoms with Gasteiger partial charge in [-0.3, -0.25) is 4.79 Å². The molecule has 4 heteroatoms. The highest BCUT2D eigenvalue weighted by Gasteiger charge is 2.08. The number of carbonyl (C=O) groups is 1. The summed E-state index contributed by atoms with van der Waals surface area (Å²) in [6.07, 6.45) is 0. The fraction of sp³-hybridized carbons (Fsp3) is 0.133. The molecule has 0 aromatic heterocycles. The summed E-state index contributed by atoms with van der Waals surface area (Å²) in [4.78, 5) is 12.1. The van der Waals surface area contributed by atoms with Gasteiger partial charge in [0.15, 0.2) is 0 Å². The topological polar surface area (TPSA) is 55.1 Å². The number of benzene rings is 2. The number of halogens is 1. The Morgan fingerprint density at radius 3 is 2.37 bits per heavy atom. The Hall–Kier alpha value is -1.56. The van der Waals surface area contributed by atoms with Crippen LogP contribution in [-0.2, 0) is 0 Å². The van der Waals surface area contributed by atoms with E-state index in [1.807, 2.05) is 44.2 Å². The minimum Gasteiger partial charge on any atom is -0.398 e. The molecule has 3 N–H and O–H groups in total. The molecule has 0 radical (unpaired) electrons. The Bertz CT molecular complexity index is 621. The third-order valence-corrected chi connectivity index (χ3v) is 3.69. The molecular formula is C15H15IN2O. The summed E-state index contributed by atoms with van der Waals surface area (Å²) in [5.41, 5.74) is 9.97. The molecule has 3 nitrogen and oxygen atoms in total. The van der Waals surface area contributed by atoms with Crippen LogP contribution in [0.3, 0.4) is 0 Å². The van der Waals surface area contributed by atoms with Crippen LogP contribution in [0, 0.1) is 17.4 Å². The van der Waals surface area contributed by atoms with Gasteiger partial charge in [0, 0.05) is 20.5 Å². The van der Waals surface area contributed by atoms with Crippen LogP contribution >= 0.6 is 22.6 Å². The Kier molecular flexibility index (Phi) is 4.09. The first-order chi connectivity index (χ1) is 8.97. The summed E-state index contributed by atoms with van der Waals surface area (Å²) >= 11 is 2.21. The zero-order valence-electron chi connectivity index (χ0n) is 10.8. The maximum atomic E-state index is 12.1. The van der Waals surface area contributed by atoms with Gasteiger partial charge >= 0.3 is 0 Å². The van der Waals surface area contributed by atoms with Crippen molar-refractivity contribution in [2.45, 2.75) is 13.8 Å². The maximum Gasteiger partial charge on any atom is 0.255 e. The predicted molar refractivity (Wildman–Crippen MR) is 87.4 cm³/mol. The molecule has 0 heterocycles. The average molecular weight is 366 g/mol. The minimum atomic E-state index is -0.122. The number of nitrogens with two attached hydrogens (primary N) is 1. The minimum absolute atomic E-state index is 0.122. The van der Waals surface area contributed by atoms with Crippen LogP contribution in [-0.4, -0.2) is 5.91 Å². The summed E-state index contributed by atoms with van der Waals surface area (Å²) in [6, 6.07) is 11.2. The van der Waals surface area contributed by atoms with Crippen molar-refractivity contribution in [1.82, 2.24) is 0 Å². The highest BCUT2D eigenvalue weighted by atomic mass is 127. The van der Waals surface area contributed by atoms with Crippen molar-refractivity contribution in [2.75, 3.05) is 11.1 Å². The van der Waals surface area contributed by atoms with Gasteiger partial charge in [-0.25, -0.2) is 0 Å². The standard InChI is InChI=1S/C15H15IN2O/c1-9-7-10(2)14(8-13(9)17)18-15(19)11-3-5-12(16)6-4-11/h3-8H,17H2,1-2H3,(H,18,19). The zero-order valence-corrected chi connectivity index (χ0v) is 13.0. The van der Waals surface area contributed by atoms with E-state index in [9.17, 15) is 4.79 Å². The lowest BCUT2D eigenvalue weighted by Gasteiger charge is -2.11. The summed E-state index contributed by atoms with van der Waals surface area (Å²) < 4.78 is 1.10. The van der Waals surface area contributed by atoms with Crippen LogP contribution in [0.2, 0.25) is 0 Å². The van der Waals surface area contributed by atoms with E-state index in [2.05, 4.69) is 27.9 Å². The molecule has 2 rings (SSSR count). The Balaban J connectivity index is 2.24. The zero-order chi connectivity index (χ0) is 14.0. The molecule has 0 saturated carbocycles. The molecule has 19 heavy (non-hydrogen) atoms. The first-order valence-corrected chi connectivity index (χ1v) is 6.99. The quantitative estimate of drug-likeness (QED) is 0.629. The van der Waals surface area contributed by atoms with E-state index < -0.39 is 0 Å². The van der Waals surface area contributed by atoms with Crippen molar-refractivity contribution in [3.05, 3.63) is 56.7 Å². The molecule has 0 atom stereocenters. The van der Waals surface area contributed by atoms with Crippen molar-refractivity contribution >= 4 is 39.9 Å². The summed E-state index contributed by atoms with van der Waals surface area (Å²) in [6.45, 7) is 3.91. The third-order valence-electron chi connectivity index (χ3n) is 2.97. The highest BCUT2D eigenvalue weighted by Crippen LogP contribution is 2.22. The Morgan fingerprint density at radius 2 is 1.74 bits per heavy atom. The van der Waals surface area contributed by atoms with Gasteiger partial charge in [0.1, 0.15) is 0 Å². The summed E-state index contributed by atoms with van der Waals surface area (Å²) in [5, 5.41) is 2.89. The van der Waals surface area contributed by atoms with Crippen LogP contribution in [0.15, 0.2) is 36.4 Å². The van der Waals surface area contributed by atoms with Crippen molar-refractivity contribution in [1.29, 1.82) is 0 Å². The van der Waals surface area contributed by atoms with Crippen LogP contribution in [0.4, 0.5) is 11.4 Å². The van der Waals surface area contributed by atoms with Gasteiger partial charge in [0.2, 0.25) is 0 Å². The average Bonchev–Trinajstić information content (AvgIpc) is 2.36. The van der Waals surface area contributed by atoms with E-state index in [1.165, 1.54) is 0 Å². The normalized spacial score (nSPS) is 10.3. The number of carbonyl (C=O) groups excluding carboxylic acids is 1. The monoisotopic (exact) mass is 366 g/mol. The molecule has 0 spiro atoms. The lowest BCUT2D eigenvalue weighted by atomic mass is 10.1. The first kappa shape index (κ1) is 13.9. The van der Waals surface area contributed by atoms with Crippen LogP contribution < -0.4 is 11.1 Å². The van der Waals surface area contributed by atoms with E-state index in [-0.39, 0.29) is 5.91 Å². The number of nitrogen functional groups attached to an aromatic ring is 1. The number of rotatable bonds is 2. The summed E-state index contributed by atoms with van der Waals surface area (Å²) in [7, 11) is 0. The molecule has 0 bridgehead atoms. The SMILES string of the molecule is Cc1cc(C)c(NC(=O)c2ccc(I)cc2)cc1N. The molecule has 0 aliphatic rings. The molecule has 2 aromatic rings. The Labute approximate surface area is 126 Å². The molecular weight excluding hydrogens is 351 g/mol.